The fourth-order valence-electron chi connectivity index (χ4n) is 5.94. The van der Waals surface area contributed by atoms with E-state index in [9.17, 15) is 4.79 Å². The van der Waals surface area contributed by atoms with Crippen molar-refractivity contribution in [3.8, 4) is 5.75 Å². The number of carbonyl (C=O) groups excluding carboxylic acids is 1. The van der Waals surface area contributed by atoms with Gasteiger partial charge in [0.15, 0.2) is 0 Å². The van der Waals surface area contributed by atoms with Crippen LogP contribution in [0.25, 0.3) is 10.9 Å². The molecule has 3 fully saturated rings. The number of allylic oxidation sites excluding steroid dienone is 1. The molecule has 4 aliphatic heterocycles. The van der Waals surface area contributed by atoms with Crippen LogP contribution in [-0.4, -0.2) is 42.2 Å². The highest BCUT2D eigenvalue weighted by molar-refractivity contribution is 5.88. The van der Waals surface area contributed by atoms with E-state index < -0.39 is 0 Å². The molecular formula is C22H26N2O3. The SMILES string of the molecule is C/C=C1/CN2[C@H]3C[C@@H]1[C@@H](C(=O)OC)[C@@H]2Cc1c3n(C)c2ccc(OC)cc12. The molecule has 0 amide bonds. The smallest absolute Gasteiger partial charge is 0.310 e. The molecule has 1 unspecified atom stereocenters. The molecule has 27 heavy (non-hydrogen) atoms. The molecule has 6 rings (SSSR count). The quantitative estimate of drug-likeness (QED) is 0.605. The fraction of sp³-hybridized carbons (Fsp3) is 0.500. The Morgan fingerprint density at radius 1 is 1.30 bits per heavy atom. The number of methoxy groups -OCH3 is 2. The Morgan fingerprint density at radius 3 is 2.81 bits per heavy atom. The van der Waals surface area contributed by atoms with Crippen LogP contribution >= 0.6 is 0 Å². The van der Waals surface area contributed by atoms with Crippen molar-refractivity contribution in [3.05, 3.63) is 41.1 Å². The van der Waals surface area contributed by atoms with Crippen molar-refractivity contribution in [2.75, 3.05) is 20.8 Å². The molecule has 0 aliphatic carbocycles. The van der Waals surface area contributed by atoms with Crippen molar-refractivity contribution in [2.45, 2.75) is 31.8 Å². The largest absolute Gasteiger partial charge is 0.497 e. The molecule has 0 saturated carbocycles. The molecule has 0 N–H and O–H groups in total. The predicted molar refractivity (Wildman–Crippen MR) is 104 cm³/mol. The Hall–Kier alpha value is -2.27. The van der Waals surface area contributed by atoms with E-state index >= 15 is 0 Å². The lowest BCUT2D eigenvalue weighted by atomic mass is 9.64. The molecule has 5 heterocycles. The zero-order valence-electron chi connectivity index (χ0n) is 16.4. The van der Waals surface area contributed by atoms with E-state index in [1.807, 2.05) is 6.07 Å². The Balaban J connectivity index is 1.70. The van der Waals surface area contributed by atoms with Gasteiger partial charge < -0.3 is 14.0 Å². The Bertz CT molecular complexity index is 974. The van der Waals surface area contributed by atoms with E-state index in [2.05, 4.69) is 41.6 Å². The average Bonchev–Trinajstić information content (AvgIpc) is 2.98. The second kappa shape index (κ2) is 5.86. The third-order valence-electron chi connectivity index (χ3n) is 7.13. The number of aromatic nitrogens is 1. The molecule has 1 aromatic heterocycles. The first-order valence-electron chi connectivity index (χ1n) is 9.72. The number of rotatable bonds is 2. The molecule has 0 radical (unpaired) electrons. The first kappa shape index (κ1) is 16.9. The van der Waals surface area contributed by atoms with E-state index in [0.717, 1.165) is 25.1 Å². The standard InChI is InChI=1S/C22H26N2O3/c1-5-12-11-24-18-10-16-15-8-13(26-3)6-7-17(15)23(2)21(16)19(24)9-14(12)20(18)22(25)27-4/h5-8,14,18-20H,9-11H2,1-4H3/b12-5-/t14-,18-,19-,20+/m0/s1. The van der Waals surface area contributed by atoms with Gasteiger partial charge in [-0.2, -0.15) is 0 Å². The van der Waals surface area contributed by atoms with Crippen molar-refractivity contribution >= 4 is 16.9 Å². The van der Waals surface area contributed by atoms with Crippen molar-refractivity contribution in [1.29, 1.82) is 0 Å². The fourth-order valence-corrected chi connectivity index (χ4v) is 5.94. The Labute approximate surface area is 159 Å². The molecule has 3 saturated heterocycles. The van der Waals surface area contributed by atoms with Gasteiger partial charge in [-0.1, -0.05) is 11.6 Å². The van der Waals surface area contributed by atoms with Gasteiger partial charge in [-0.05, 0) is 49.4 Å². The first-order chi connectivity index (χ1) is 13.1. The maximum atomic E-state index is 12.7. The van der Waals surface area contributed by atoms with Gasteiger partial charge in [0.05, 0.1) is 26.2 Å². The molecule has 5 heteroatoms. The minimum absolute atomic E-state index is 0.0613. The average molecular weight is 366 g/mol. The third kappa shape index (κ3) is 2.12. The van der Waals surface area contributed by atoms with Gasteiger partial charge in [-0.15, -0.1) is 0 Å². The van der Waals surface area contributed by atoms with Crippen LogP contribution in [0.4, 0.5) is 0 Å². The van der Waals surface area contributed by atoms with Crippen LogP contribution in [-0.2, 0) is 23.0 Å². The zero-order valence-corrected chi connectivity index (χ0v) is 16.4. The second-order valence-corrected chi connectivity index (χ2v) is 8.02. The lowest BCUT2D eigenvalue weighted by Crippen LogP contribution is -2.62. The summed E-state index contributed by atoms with van der Waals surface area (Å²) >= 11 is 0. The maximum absolute atomic E-state index is 12.7. The van der Waals surface area contributed by atoms with Gasteiger partial charge >= 0.3 is 5.97 Å². The molecule has 4 aliphatic rings. The normalized spacial score (nSPS) is 32.6. The number of nitrogens with zero attached hydrogens (tertiary/aromatic N) is 2. The van der Waals surface area contributed by atoms with Crippen LogP contribution in [0, 0.1) is 11.8 Å². The van der Waals surface area contributed by atoms with Crippen LogP contribution in [0.3, 0.4) is 0 Å². The lowest BCUT2D eigenvalue weighted by molar-refractivity contribution is -0.157. The summed E-state index contributed by atoms with van der Waals surface area (Å²) in [6.07, 6.45) is 4.09. The predicted octanol–water partition coefficient (Wildman–Crippen LogP) is 3.22. The van der Waals surface area contributed by atoms with E-state index in [4.69, 9.17) is 9.47 Å². The van der Waals surface area contributed by atoms with E-state index in [1.165, 1.54) is 34.8 Å². The zero-order chi connectivity index (χ0) is 18.9. The van der Waals surface area contributed by atoms with Crippen LogP contribution < -0.4 is 4.74 Å². The summed E-state index contributed by atoms with van der Waals surface area (Å²) in [6.45, 7) is 3.06. The van der Waals surface area contributed by atoms with Gasteiger partial charge in [0.2, 0.25) is 0 Å². The topological polar surface area (TPSA) is 43.7 Å². The summed E-state index contributed by atoms with van der Waals surface area (Å²) in [5.74, 6) is 1.05. The monoisotopic (exact) mass is 366 g/mol. The van der Waals surface area contributed by atoms with E-state index in [1.54, 1.807) is 7.11 Å². The minimum Gasteiger partial charge on any atom is -0.497 e. The number of hydrogen-bond donors (Lipinski definition) is 0. The van der Waals surface area contributed by atoms with Gasteiger partial charge in [0.25, 0.3) is 0 Å². The maximum Gasteiger partial charge on any atom is 0.310 e. The molecule has 1 aromatic carbocycles. The molecular weight excluding hydrogens is 340 g/mol. The summed E-state index contributed by atoms with van der Waals surface area (Å²) in [5.41, 5.74) is 5.43. The summed E-state index contributed by atoms with van der Waals surface area (Å²) in [5, 5.41) is 1.26. The highest BCUT2D eigenvalue weighted by atomic mass is 16.5. The molecule has 0 spiro atoms. The highest BCUT2D eigenvalue weighted by Crippen LogP contribution is 2.55. The Kier molecular flexibility index (Phi) is 3.66. The highest BCUT2D eigenvalue weighted by Gasteiger charge is 2.56. The number of aryl methyl sites for hydroxylation is 1. The molecule has 142 valence electrons. The third-order valence-corrected chi connectivity index (χ3v) is 7.13. The second-order valence-electron chi connectivity index (χ2n) is 8.02. The van der Waals surface area contributed by atoms with Crippen LogP contribution in [0.5, 0.6) is 5.75 Å². The van der Waals surface area contributed by atoms with Crippen molar-refractivity contribution in [2.24, 2.45) is 18.9 Å². The van der Waals surface area contributed by atoms with E-state index in [0.29, 0.717) is 12.0 Å². The van der Waals surface area contributed by atoms with Gasteiger partial charge in [0, 0.05) is 36.2 Å². The molecule has 4 bridgehead atoms. The lowest BCUT2D eigenvalue weighted by Gasteiger charge is -2.57. The van der Waals surface area contributed by atoms with Crippen molar-refractivity contribution < 1.29 is 14.3 Å². The van der Waals surface area contributed by atoms with Crippen LogP contribution in [0.2, 0.25) is 0 Å². The number of piperidine rings is 3. The number of carbonyl (C=O) groups is 1. The van der Waals surface area contributed by atoms with Crippen molar-refractivity contribution in [1.82, 2.24) is 9.47 Å². The summed E-state index contributed by atoms with van der Waals surface area (Å²) < 4.78 is 13.1. The summed E-state index contributed by atoms with van der Waals surface area (Å²) in [4.78, 5) is 15.2. The van der Waals surface area contributed by atoms with Crippen LogP contribution in [0.1, 0.15) is 30.6 Å². The Morgan fingerprint density at radius 2 is 2.11 bits per heavy atom. The number of benzene rings is 1. The minimum atomic E-state index is -0.0692. The van der Waals surface area contributed by atoms with Gasteiger partial charge in [0.1, 0.15) is 5.75 Å². The number of fused-ring (bicyclic) bond motifs is 4. The number of hydrogen-bond acceptors (Lipinski definition) is 4. The first-order valence-corrected chi connectivity index (χ1v) is 9.72. The van der Waals surface area contributed by atoms with Gasteiger partial charge in [-0.3, -0.25) is 9.69 Å². The number of esters is 1. The van der Waals surface area contributed by atoms with Crippen molar-refractivity contribution in [3.63, 3.8) is 0 Å². The summed E-state index contributed by atoms with van der Waals surface area (Å²) in [7, 11) is 5.40. The molecule has 5 atom stereocenters. The van der Waals surface area contributed by atoms with Gasteiger partial charge in [-0.25, -0.2) is 0 Å². The van der Waals surface area contributed by atoms with Crippen LogP contribution in [0.15, 0.2) is 29.8 Å². The molecule has 2 aromatic rings. The van der Waals surface area contributed by atoms with E-state index in [-0.39, 0.29) is 17.9 Å². The summed E-state index contributed by atoms with van der Waals surface area (Å²) in [6, 6.07) is 6.92. The molecule has 5 nitrogen and oxygen atoms in total. The number of ether oxygens (including phenoxy) is 2.